The lowest BCUT2D eigenvalue weighted by Gasteiger charge is -2.26. The number of carbonyl (C=O) groups excluding carboxylic acids is 1. The van der Waals surface area contributed by atoms with Crippen LogP contribution in [0.3, 0.4) is 0 Å². The Morgan fingerprint density at radius 3 is 2.78 bits per heavy atom. The molecule has 0 aromatic heterocycles. The second-order valence-electron chi connectivity index (χ2n) is 5.24. The molecule has 0 fully saturated rings. The zero-order valence-corrected chi connectivity index (χ0v) is 10.1. The van der Waals surface area contributed by atoms with Crippen molar-refractivity contribution in [3.8, 4) is 0 Å². The summed E-state index contributed by atoms with van der Waals surface area (Å²) in [6.07, 6.45) is 7.96. The first-order valence-corrected chi connectivity index (χ1v) is 5.98. The van der Waals surface area contributed by atoms with E-state index in [9.17, 15) is 15.0 Å². The molecule has 0 saturated heterocycles. The van der Waals surface area contributed by atoms with Gasteiger partial charge >= 0.3 is 0 Å². The van der Waals surface area contributed by atoms with Gasteiger partial charge in [-0.3, -0.25) is 4.79 Å². The van der Waals surface area contributed by atoms with Gasteiger partial charge in [0.05, 0.1) is 18.8 Å². The maximum absolute atomic E-state index is 12.1. The molecule has 0 aliphatic heterocycles. The minimum absolute atomic E-state index is 0.250. The van der Waals surface area contributed by atoms with Crippen LogP contribution in [-0.4, -0.2) is 34.9 Å². The Morgan fingerprint density at radius 2 is 2.11 bits per heavy atom. The Bertz CT molecular complexity index is 547. The van der Waals surface area contributed by atoms with Gasteiger partial charge in [0.15, 0.2) is 0 Å². The van der Waals surface area contributed by atoms with Gasteiger partial charge in [-0.1, -0.05) is 12.2 Å². The van der Waals surface area contributed by atoms with Gasteiger partial charge in [-0.15, -0.1) is 0 Å². The largest absolute Gasteiger partial charge is 0.394 e. The number of allylic oxidation sites excluding steroid dienone is 6. The molecule has 1 unspecified atom stereocenters. The van der Waals surface area contributed by atoms with Crippen LogP contribution in [0.2, 0.25) is 0 Å². The number of amides is 1. The monoisotopic (exact) mass is 245 g/mol. The number of rotatable bonds is 4. The average Bonchev–Trinajstić information content (AvgIpc) is 2.85. The van der Waals surface area contributed by atoms with Crippen molar-refractivity contribution in [2.75, 3.05) is 13.2 Å². The molecule has 1 atom stereocenters. The summed E-state index contributed by atoms with van der Waals surface area (Å²) in [5.41, 5.74) is 3.08. The number of hydrogen-bond donors (Lipinski definition) is 3. The number of nitrogens with one attached hydrogen (secondary N) is 1. The highest BCUT2D eigenvalue weighted by molar-refractivity contribution is 6.02. The maximum Gasteiger partial charge on any atom is 0.252 e. The summed E-state index contributed by atoms with van der Waals surface area (Å²) in [5, 5.41) is 21.0. The smallest absolute Gasteiger partial charge is 0.252 e. The molecule has 3 aliphatic carbocycles. The van der Waals surface area contributed by atoms with E-state index in [0.29, 0.717) is 11.5 Å². The van der Waals surface area contributed by atoms with Crippen LogP contribution in [0.15, 0.2) is 46.6 Å². The van der Waals surface area contributed by atoms with Crippen molar-refractivity contribution >= 4 is 5.91 Å². The third-order valence-corrected chi connectivity index (χ3v) is 3.64. The Balaban J connectivity index is 1.76. The average molecular weight is 245 g/mol. The minimum atomic E-state index is -0.984. The molecule has 0 bridgehead atoms. The minimum Gasteiger partial charge on any atom is -0.394 e. The molecule has 0 radical (unpaired) electrons. The fourth-order valence-corrected chi connectivity index (χ4v) is 2.33. The highest BCUT2D eigenvalue weighted by Crippen LogP contribution is 2.51. The number of aliphatic hydroxyl groups is 2. The second-order valence-corrected chi connectivity index (χ2v) is 5.24. The van der Waals surface area contributed by atoms with Crippen LogP contribution < -0.4 is 5.32 Å². The molecule has 3 aliphatic rings. The predicted molar refractivity (Wildman–Crippen MR) is 66.5 cm³/mol. The molecule has 4 heteroatoms. The van der Waals surface area contributed by atoms with E-state index in [1.165, 1.54) is 11.1 Å². The Labute approximate surface area is 105 Å². The van der Waals surface area contributed by atoms with Crippen LogP contribution in [-0.2, 0) is 4.79 Å². The first kappa shape index (κ1) is 11.4. The van der Waals surface area contributed by atoms with Crippen molar-refractivity contribution in [1.29, 1.82) is 0 Å². The van der Waals surface area contributed by atoms with Crippen LogP contribution in [0, 0.1) is 5.92 Å². The Morgan fingerprint density at radius 1 is 1.39 bits per heavy atom. The van der Waals surface area contributed by atoms with Crippen molar-refractivity contribution in [2.45, 2.75) is 12.5 Å². The molecule has 4 nitrogen and oxygen atoms in total. The first-order valence-electron chi connectivity index (χ1n) is 5.98. The summed E-state index contributed by atoms with van der Waals surface area (Å²) in [4.78, 5) is 12.1. The molecule has 0 spiro atoms. The van der Waals surface area contributed by atoms with E-state index in [0.717, 1.165) is 5.57 Å². The quantitative estimate of drug-likeness (QED) is 0.663. The number of fused-ring (bicyclic) bond motifs is 3. The molecular formula is C14H15NO3. The molecular weight excluding hydrogens is 230 g/mol. The SMILES string of the molecule is CC(CO)(CO)NC(=O)C1=CC=C2C1=CC1=CC12. The van der Waals surface area contributed by atoms with E-state index < -0.39 is 5.54 Å². The van der Waals surface area contributed by atoms with Gasteiger partial charge < -0.3 is 15.5 Å². The third-order valence-electron chi connectivity index (χ3n) is 3.64. The molecule has 3 N–H and O–H groups in total. The van der Waals surface area contributed by atoms with Crippen molar-refractivity contribution in [3.63, 3.8) is 0 Å². The normalized spacial score (nSPS) is 23.6. The van der Waals surface area contributed by atoms with Crippen molar-refractivity contribution < 1.29 is 15.0 Å². The van der Waals surface area contributed by atoms with Gasteiger partial charge in [0.2, 0.25) is 0 Å². The van der Waals surface area contributed by atoms with Crippen LogP contribution >= 0.6 is 0 Å². The molecule has 3 rings (SSSR count). The lowest BCUT2D eigenvalue weighted by molar-refractivity contribution is -0.120. The second kappa shape index (κ2) is 3.67. The molecule has 18 heavy (non-hydrogen) atoms. The van der Waals surface area contributed by atoms with Crippen LogP contribution in [0.25, 0.3) is 0 Å². The fraction of sp³-hybridized carbons (Fsp3) is 0.357. The molecule has 0 heterocycles. The Hall–Kier alpha value is -1.65. The summed E-state index contributed by atoms with van der Waals surface area (Å²) in [6, 6.07) is 0. The van der Waals surface area contributed by atoms with Gasteiger partial charge in [0.25, 0.3) is 5.91 Å². The summed E-state index contributed by atoms with van der Waals surface area (Å²) in [6.45, 7) is 1.02. The molecule has 1 amide bonds. The van der Waals surface area contributed by atoms with Gasteiger partial charge in [-0.05, 0) is 35.8 Å². The van der Waals surface area contributed by atoms with Crippen LogP contribution in [0.4, 0.5) is 0 Å². The van der Waals surface area contributed by atoms with Crippen molar-refractivity contribution in [3.05, 3.63) is 46.6 Å². The van der Waals surface area contributed by atoms with E-state index in [2.05, 4.69) is 11.4 Å². The van der Waals surface area contributed by atoms with E-state index in [1.54, 1.807) is 13.0 Å². The van der Waals surface area contributed by atoms with Gasteiger partial charge in [0, 0.05) is 11.5 Å². The zero-order chi connectivity index (χ0) is 12.9. The summed E-state index contributed by atoms with van der Waals surface area (Å²) >= 11 is 0. The van der Waals surface area contributed by atoms with Crippen molar-refractivity contribution in [2.24, 2.45) is 5.92 Å². The van der Waals surface area contributed by atoms with Gasteiger partial charge in [0.1, 0.15) is 0 Å². The number of carbonyl (C=O) groups is 1. The molecule has 0 saturated carbocycles. The number of hydrogen-bond acceptors (Lipinski definition) is 3. The van der Waals surface area contributed by atoms with Crippen molar-refractivity contribution in [1.82, 2.24) is 5.32 Å². The van der Waals surface area contributed by atoms with Gasteiger partial charge in [-0.25, -0.2) is 0 Å². The number of aliphatic hydroxyl groups excluding tert-OH is 2. The zero-order valence-electron chi connectivity index (χ0n) is 10.1. The van der Waals surface area contributed by atoms with E-state index >= 15 is 0 Å². The lowest BCUT2D eigenvalue weighted by atomic mass is 10.0. The standard InChI is InChI=1S/C14H15NO3/c1-14(6-16,7-17)15-13(18)10-3-2-9-11-4-8(11)5-12(9)10/h2-5,11,16-17H,6-7H2,1H3,(H,15,18). The fourth-order valence-electron chi connectivity index (χ4n) is 2.33. The Kier molecular flexibility index (Phi) is 2.33. The van der Waals surface area contributed by atoms with E-state index in [1.807, 2.05) is 12.2 Å². The van der Waals surface area contributed by atoms with Crippen LogP contribution in [0.5, 0.6) is 0 Å². The summed E-state index contributed by atoms with van der Waals surface area (Å²) in [5.74, 6) is 0.170. The molecule has 94 valence electrons. The predicted octanol–water partition coefficient (Wildman–Crippen LogP) is 0.208. The maximum atomic E-state index is 12.1. The first-order chi connectivity index (χ1) is 8.58. The van der Waals surface area contributed by atoms with E-state index in [4.69, 9.17) is 0 Å². The molecule has 0 aromatic rings. The highest BCUT2D eigenvalue weighted by atomic mass is 16.3. The summed E-state index contributed by atoms with van der Waals surface area (Å²) in [7, 11) is 0. The van der Waals surface area contributed by atoms with Crippen LogP contribution in [0.1, 0.15) is 6.92 Å². The highest BCUT2D eigenvalue weighted by Gasteiger charge is 2.40. The van der Waals surface area contributed by atoms with E-state index in [-0.39, 0.29) is 19.1 Å². The molecule has 0 aromatic carbocycles. The topological polar surface area (TPSA) is 69.6 Å². The lowest BCUT2D eigenvalue weighted by Crippen LogP contribution is -2.52. The third kappa shape index (κ3) is 1.57. The van der Waals surface area contributed by atoms with Gasteiger partial charge in [-0.2, -0.15) is 0 Å². The summed E-state index contributed by atoms with van der Waals surface area (Å²) < 4.78 is 0.